The predicted octanol–water partition coefficient (Wildman–Crippen LogP) is 2.04. The van der Waals surface area contributed by atoms with Crippen LogP contribution in [0.2, 0.25) is 0 Å². The Hall–Kier alpha value is -1.85. The maximum Gasteiger partial charge on any atom is 0.123 e. The van der Waals surface area contributed by atoms with Crippen molar-refractivity contribution in [1.82, 2.24) is 15.1 Å². The molecule has 0 saturated carbocycles. The molecule has 2 aromatic rings. The number of nitrogens with one attached hydrogen (secondary N) is 1. The molecule has 0 bridgehead atoms. The van der Waals surface area contributed by atoms with Crippen molar-refractivity contribution < 1.29 is 9.84 Å². The highest BCUT2D eigenvalue weighted by molar-refractivity contribution is 5.38. The number of nitrogens with zero attached hydrogens (tertiary/aromatic N) is 2. The molecule has 0 aliphatic rings. The molecule has 0 saturated heterocycles. The first kappa shape index (κ1) is 15.5. The maximum atomic E-state index is 8.89. The third-order valence-electron chi connectivity index (χ3n) is 3.48. The van der Waals surface area contributed by atoms with E-state index in [-0.39, 0.29) is 12.6 Å². The highest BCUT2D eigenvalue weighted by Crippen LogP contribution is 2.26. The van der Waals surface area contributed by atoms with Crippen LogP contribution in [0, 0.1) is 6.92 Å². The molecule has 21 heavy (non-hydrogen) atoms. The summed E-state index contributed by atoms with van der Waals surface area (Å²) in [7, 11) is 1.69. The Morgan fingerprint density at radius 2 is 2.24 bits per heavy atom. The number of rotatable bonds is 7. The summed E-state index contributed by atoms with van der Waals surface area (Å²) in [6.45, 7) is 5.56. The van der Waals surface area contributed by atoms with Crippen molar-refractivity contribution in [2.24, 2.45) is 0 Å². The average molecular weight is 289 g/mol. The zero-order valence-corrected chi connectivity index (χ0v) is 12.8. The van der Waals surface area contributed by atoms with Gasteiger partial charge in [0.15, 0.2) is 0 Å². The van der Waals surface area contributed by atoms with Gasteiger partial charge in [0.1, 0.15) is 5.75 Å². The fraction of sp³-hybridized carbons (Fsp3) is 0.438. The summed E-state index contributed by atoms with van der Waals surface area (Å²) in [5.74, 6) is 0.900. The van der Waals surface area contributed by atoms with Crippen molar-refractivity contribution in [2.75, 3.05) is 13.7 Å². The molecule has 0 fully saturated rings. The normalized spacial score (nSPS) is 12.4. The first-order chi connectivity index (χ1) is 10.1. The lowest BCUT2D eigenvalue weighted by molar-refractivity contribution is 0.269. The molecule has 1 aromatic carbocycles. The molecule has 0 radical (unpaired) electrons. The fourth-order valence-corrected chi connectivity index (χ4v) is 2.30. The van der Waals surface area contributed by atoms with E-state index >= 15 is 0 Å². The molecule has 0 amide bonds. The Bertz CT molecular complexity index is 581. The highest BCUT2D eigenvalue weighted by atomic mass is 16.5. The van der Waals surface area contributed by atoms with Crippen molar-refractivity contribution in [3.05, 3.63) is 47.3 Å². The zero-order valence-electron chi connectivity index (χ0n) is 12.8. The quantitative estimate of drug-likeness (QED) is 0.819. The number of aliphatic hydroxyl groups is 1. The lowest BCUT2D eigenvalue weighted by Crippen LogP contribution is -2.18. The molecule has 5 heteroatoms. The van der Waals surface area contributed by atoms with E-state index in [0.29, 0.717) is 6.54 Å². The van der Waals surface area contributed by atoms with Gasteiger partial charge in [-0.05, 0) is 19.9 Å². The zero-order chi connectivity index (χ0) is 15.2. The minimum absolute atomic E-state index is 0.103. The molecule has 2 N–H and O–H groups in total. The molecule has 0 aliphatic heterocycles. The fourth-order valence-electron chi connectivity index (χ4n) is 2.30. The lowest BCUT2D eigenvalue weighted by Gasteiger charge is -2.17. The van der Waals surface area contributed by atoms with Crippen LogP contribution >= 0.6 is 0 Å². The van der Waals surface area contributed by atoms with Crippen LogP contribution in [0.25, 0.3) is 0 Å². The van der Waals surface area contributed by atoms with Crippen molar-refractivity contribution in [3.63, 3.8) is 0 Å². The minimum Gasteiger partial charge on any atom is -0.496 e. The van der Waals surface area contributed by atoms with Crippen molar-refractivity contribution >= 4 is 0 Å². The summed E-state index contributed by atoms with van der Waals surface area (Å²) in [6, 6.07) is 6.38. The van der Waals surface area contributed by atoms with E-state index in [9.17, 15) is 0 Å². The Balaban J connectivity index is 2.00. The number of aromatic nitrogens is 2. The molecule has 5 nitrogen and oxygen atoms in total. The second-order valence-corrected chi connectivity index (χ2v) is 5.18. The van der Waals surface area contributed by atoms with E-state index in [1.807, 2.05) is 24.5 Å². The van der Waals surface area contributed by atoms with Crippen LogP contribution in [0.4, 0.5) is 0 Å². The first-order valence-corrected chi connectivity index (χ1v) is 7.14. The standard InChI is InChI=1S/C16H23N3O2/c1-12-4-5-16(21-3)15(8-12)13(2)17-9-14-10-18-19(11-14)6-7-20/h4-5,8,10-11,13,17,20H,6-7,9H2,1-3H3. The van der Waals surface area contributed by atoms with Crippen molar-refractivity contribution in [3.8, 4) is 5.75 Å². The highest BCUT2D eigenvalue weighted by Gasteiger charge is 2.11. The number of methoxy groups -OCH3 is 1. The Morgan fingerprint density at radius 1 is 1.43 bits per heavy atom. The summed E-state index contributed by atoms with van der Waals surface area (Å²) in [5, 5.41) is 16.6. The van der Waals surface area contributed by atoms with Crippen molar-refractivity contribution in [1.29, 1.82) is 0 Å². The topological polar surface area (TPSA) is 59.3 Å². The summed E-state index contributed by atoms with van der Waals surface area (Å²) >= 11 is 0. The SMILES string of the molecule is COc1ccc(C)cc1C(C)NCc1cnn(CCO)c1. The van der Waals surface area contributed by atoms with Gasteiger partial charge < -0.3 is 15.2 Å². The van der Waals surface area contributed by atoms with E-state index in [4.69, 9.17) is 9.84 Å². The molecule has 0 aliphatic carbocycles. The minimum atomic E-state index is 0.103. The molecule has 2 rings (SSSR count). The van der Waals surface area contributed by atoms with Gasteiger partial charge in [-0.15, -0.1) is 0 Å². The number of hydrogen-bond acceptors (Lipinski definition) is 4. The van der Waals surface area contributed by atoms with E-state index in [1.165, 1.54) is 5.56 Å². The van der Waals surface area contributed by atoms with Gasteiger partial charge in [0.2, 0.25) is 0 Å². The van der Waals surface area contributed by atoms with E-state index < -0.39 is 0 Å². The number of aliphatic hydroxyl groups excluding tert-OH is 1. The van der Waals surface area contributed by atoms with Crippen molar-refractivity contribution in [2.45, 2.75) is 33.0 Å². The van der Waals surface area contributed by atoms with Gasteiger partial charge in [0, 0.05) is 29.9 Å². The Labute approximate surface area is 125 Å². The molecule has 1 atom stereocenters. The number of hydrogen-bond donors (Lipinski definition) is 2. The molecule has 1 aromatic heterocycles. The molecule has 114 valence electrons. The smallest absolute Gasteiger partial charge is 0.123 e. The molecule has 1 heterocycles. The second-order valence-electron chi connectivity index (χ2n) is 5.18. The Kier molecular flexibility index (Phi) is 5.36. The van der Waals surface area contributed by atoms with Crippen LogP contribution in [0.1, 0.15) is 29.7 Å². The number of ether oxygens (including phenoxy) is 1. The monoisotopic (exact) mass is 289 g/mol. The summed E-state index contributed by atoms with van der Waals surface area (Å²) in [6.07, 6.45) is 3.77. The third-order valence-corrected chi connectivity index (χ3v) is 3.48. The lowest BCUT2D eigenvalue weighted by atomic mass is 10.0. The molecular weight excluding hydrogens is 266 g/mol. The van der Waals surface area contributed by atoms with Gasteiger partial charge in [0.05, 0.1) is 26.5 Å². The third kappa shape index (κ3) is 4.06. The van der Waals surface area contributed by atoms with Crippen LogP contribution in [-0.4, -0.2) is 28.6 Å². The van der Waals surface area contributed by atoms with Gasteiger partial charge in [-0.3, -0.25) is 4.68 Å². The van der Waals surface area contributed by atoms with Crippen LogP contribution in [0.5, 0.6) is 5.75 Å². The maximum absolute atomic E-state index is 8.89. The Morgan fingerprint density at radius 3 is 2.95 bits per heavy atom. The predicted molar refractivity (Wildman–Crippen MR) is 82.3 cm³/mol. The molecular formula is C16H23N3O2. The van der Waals surface area contributed by atoms with Gasteiger partial charge in [-0.2, -0.15) is 5.10 Å². The number of aryl methyl sites for hydroxylation is 1. The van der Waals surface area contributed by atoms with Crippen LogP contribution in [-0.2, 0) is 13.1 Å². The van der Waals surface area contributed by atoms with Gasteiger partial charge >= 0.3 is 0 Å². The second kappa shape index (κ2) is 7.24. The molecule has 1 unspecified atom stereocenters. The first-order valence-electron chi connectivity index (χ1n) is 7.14. The van der Waals surface area contributed by atoms with Gasteiger partial charge in [-0.25, -0.2) is 0 Å². The summed E-state index contributed by atoms with van der Waals surface area (Å²) < 4.78 is 7.17. The van der Waals surface area contributed by atoms with Crippen LogP contribution < -0.4 is 10.1 Å². The van der Waals surface area contributed by atoms with Crippen LogP contribution in [0.3, 0.4) is 0 Å². The van der Waals surface area contributed by atoms with E-state index in [2.05, 4.69) is 30.3 Å². The summed E-state index contributed by atoms with van der Waals surface area (Å²) in [4.78, 5) is 0. The molecule has 0 spiro atoms. The van der Waals surface area contributed by atoms with E-state index in [0.717, 1.165) is 23.4 Å². The number of benzene rings is 1. The van der Waals surface area contributed by atoms with Gasteiger partial charge in [0.25, 0.3) is 0 Å². The average Bonchev–Trinajstić information content (AvgIpc) is 2.93. The van der Waals surface area contributed by atoms with E-state index in [1.54, 1.807) is 11.8 Å². The van der Waals surface area contributed by atoms with Gasteiger partial charge in [-0.1, -0.05) is 17.7 Å². The van der Waals surface area contributed by atoms with Crippen LogP contribution in [0.15, 0.2) is 30.6 Å². The largest absolute Gasteiger partial charge is 0.496 e. The summed E-state index contributed by atoms with van der Waals surface area (Å²) in [5.41, 5.74) is 3.47.